The van der Waals surface area contributed by atoms with Crippen molar-refractivity contribution in [2.24, 2.45) is 5.73 Å². The van der Waals surface area contributed by atoms with Crippen LogP contribution < -0.4 is 11.1 Å². The van der Waals surface area contributed by atoms with Gasteiger partial charge in [-0.1, -0.05) is 35.6 Å². The van der Waals surface area contributed by atoms with E-state index in [1.165, 1.54) is 35.7 Å². The Hall–Kier alpha value is -3.08. The number of rotatable bonds is 6. The minimum Gasteiger partial charge on any atom is -0.387 e. The van der Waals surface area contributed by atoms with Gasteiger partial charge in [-0.05, 0) is 34.7 Å². The van der Waals surface area contributed by atoms with E-state index in [1.54, 1.807) is 6.20 Å². The largest absolute Gasteiger partial charge is 0.416 e. The highest BCUT2D eigenvalue weighted by molar-refractivity contribution is 7.18. The van der Waals surface area contributed by atoms with Crippen molar-refractivity contribution in [2.45, 2.75) is 18.3 Å². The summed E-state index contributed by atoms with van der Waals surface area (Å²) in [6.45, 7) is 0.156. The van der Waals surface area contributed by atoms with Crippen molar-refractivity contribution in [2.75, 3.05) is 11.9 Å². The second kappa shape index (κ2) is 8.81. The Morgan fingerprint density at radius 2 is 1.75 bits per heavy atom. The lowest BCUT2D eigenvalue weighted by Crippen LogP contribution is -2.35. The topological polar surface area (TPSA) is 84.1 Å². The fourth-order valence-corrected chi connectivity index (χ4v) is 4.01. The van der Waals surface area contributed by atoms with E-state index < -0.39 is 29.8 Å². The van der Waals surface area contributed by atoms with Gasteiger partial charge in [0.25, 0.3) is 0 Å². The highest BCUT2D eigenvalue weighted by atomic mass is 32.1. The first kappa shape index (κ1) is 22.1. The normalized spacial score (nSPS) is 13.8. The van der Waals surface area contributed by atoms with E-state index in [9.17, 15) is 22.7 Å². The zero-order valence-electron chi connectivity index (χ0n) is 16.5. The molecule has 2 atom stereocenters. The predicted octanol–water partition coefficient (Wildman–Crippen LogP) is 4.99. The Bertz CT molecular complexity index is 1230. The Kier molecular flexibility index (Phi) is 6.09. The molecule has 0 fully saturated rings. The number of hydrogen-bond donors (Lipinski definition) is 3. The summed E-state index contributed by atoms with van der Waals surface area (Å²) in [7, 11) is 0. The van der Waals surface area contributed by atoms with Gasteiger partial charge in [0.1, 0.15) is 0 Å². The average Bonchev–Trinajstić information content (AvgIpc) is 3.25. The van der Waals surface area contributed by atoms with Crippen LogP contribution in [0.25, 0.3) is 21.2 Å². The fraction of sp³-hybridized carbons (Fsp3) is 0.182. The van der Waals surface area contributed by atoms with E-state index >= 15 is 0 Å². The van der Waals surface area contributed by atoms with E-state index in [-0.39, 0.29) is 6.54 Å². The maximum absolute atomic E-state index is 13.4. The molecule has 10 heteroatoms. The van der Waals surface area contributed by atoms with Gasteiger partial charge in [0, 0.05) is 30.4 Å². The molecule has 0 aliphatic heterocycles. The van der Waals surface area contributed by atoms with E-state index in [1.807, 2.05) is 18.2 Å². The average molecular weight is 462 g/mol. The maximum atomic E-state index is 13.4. The first-order valence-electron chi connectivity index (χ1n) is 9.57. The molecule has 0 aliphatic carbocycles. The third kappa shape index (κ3) is 4.87. The number of nitrogens with one attached hydrogen (secondary N) is 1. The molecule has 0 bridgehead atoms. The van der Waals surface area contributed by atoms with Crippen molar-refractivity contribution in [1.82, 2.24) is 9.97 Å². The molecule has 32 heavy (non-hydrogen) atoms. The second-order valence-corrected chi connectivity index (χ2v) is 8.24. The number of nitrogens with two attached hydrogens (primary N) is 1. The summed E-state index contributed by atoms with van der Waals surface area (Å²) in [6, 6.07) is 10.4. The van der Waals surface area contributed by atoms with E-state index in [0.717, 1.165) is 33.3 Å². The molecule has 4 rings (SSSR count). The Labute approximate surface area is 184 Å². The predicted molar refractivity (Wildman–Crippen MR) is 116 cm³/mol. The molecule has 166 valence electrons. The Morgan fingerprint density at radius 1 is 1.00 bits per heavy atom. The van der Waals surface area contributed by atoms with Gasteiger partial charge in [-0.25, -0.2) is 9.97 Å². The molecule has 0 saturated carbocycles. The smallest absolute Gasteiger partial charge is 0.387 e. The van der Waals surface area contributed by atoms with Gasteiger partial charge in [0.15, 0.2) is 5.13 Å². The number of halogens is 4. The van der Waals surface area contributed by atoms with Crippen LogP contribution in [0, 0.1) is 5.95 Å². The highest BCUT2D eigenvalue weighted by Gasteiger charge is 2.30. The molecule has 0 amide bonds. The van der Waals surface area contributed by atoms with Crippen LogP contribution in [0.15, 0.2) is 60.9 Å². The number of fused-ring (bicyclic) bond motifs is 1. The number of nitrogens with zero attached hydrogens (tertiary/aromatic N) is 2. The number of benzene rings is 2. The molecule has 0 radical (unpaired) electrons. The maximum Gasteiger partial charge on any atom is 0.416 e. The van der Waals surface area contributed by atoms with Crippen LogP contribution in [-0.4, -0.2) is 27.7 Å². The summed E-state index contributed by atoms with van der Waals surface area (Å²) in [5.41, 5.74) is 6.39. The van der Waals surface area contributed by atoms with E-state index in [4.69, 9.17) is 5.73 Å². The number of alkyl halides is 3. The van der Waals surface area contributed by atoms with Gasteiger partial charge in [0.2, 0.25) is 5.95 Å². The molecular formula is C22H18F4N4OS. The van der Waals surface area contributed by atoms with E-state index in [2.05, 4.69) is 15.3 Å². The van der Waals surface area contributed by atoms with Crippen molar-refractivity contribution in [3.63, 3.8) is 0 Å². The van der Waals surface area contributed by atoms with Crippen molar-refractivity contribution in [3.05, 3.63) is 78.0 Å². The van der Waals surface area contributed by atoms with Crippen LogP contribution in [0.4, 0.5) is 22.7 Å². The summed E-state index contributed by atoms with van der Waals surface area (Å²) in [5.74, 6) is -0.554. The van der Waals surface area contributed by atoms with Crippen LogP contribution in [0.5, 0.6) is 0 Å². The van der Waals surface area contributed by atoms with Crippen LogP contribution in [0.1, 0.15) is 17.2 Å². The van der Waals surface area contributed by atoms with Gasteiger partial charge >= 0.3 is 6.18 Å². The highest BCUT2D eigenvalue weighted by Crippen LogP contribution is 2.32. The lowest BCUT2D eigenvalue weighted by molar-refractivity contribution is -0.137. The van der Waals surface area contributed by atoms with E-state index in [0.29, 0.717) is 10.7 Å². The quantitative estimate of drug-likeness (QED) is 0.278. The molecule has 5 nitrogen and oxygen atoms in total. The molecule has 2 aromatic carbocycles. The van der Waals surface area contributed by atoms with Crippen LogP contribution in [0.2, 0.25) is 0 Å². The fourth-order valence-electron chi connectivity index (χ4n) is 3.19. The standard InChI is InChI=1S/C22H18F4N4OS/c23-19-8-15-7-13(1-2-14(15)9-28-19)18-11-30-21(32-18)29-10-17(27)20(31)12-3-5-16(6-4-12)22(24,25)26/h1-9,11,17,20,31H,10,27H2,(H,29,30)/t17-,20+/m1/s1. The van der Waals surface area contributed by atoms with Gasteiger partial charge < -0.3 is 16.2 Å². The van der Waals surface area contributed by atoms with Gasteiger partial charge in [-0.2, -0.15) is 17.6 Å². The summed E-state index contributed by atoms with van der Waals surface area (Å²) in [5, 5.41) is 15.5. The lowest BCUT2D eigenvalue weighted by atomic mass is 10.0. The number of thiazole rings is 1. The SMILES string of the molecule is N[C@H](CNc1ncc(-c2ccc3cnc(F)cc3c2)s1)[C@@H](O)c1ccc(C(F)(F)F)cc1. The number of aromatic nitrogens is 2. The first-order chi connectivity index (χ1) is 15.2. The van der Waals surface area contributed by atoms with Crippen LogP contribution in [-0.2, 0) is 6.18 Å². The molecule has 0 aliphatic rings. The minimum atomic E-state index is -4.44. The number of pyridine rings is 1. The third-order valence-corrected chi connectivity index (χ3v) is 5.96. The molecule has 0 spiro atoms. The van der Waals surface area contributed by atoms with Crippen molar-refractivity contribution >= 4 is 27.2 Å². The number of hydrogen-bond acceptors (Lipinski definition) is 6. The minimum absolute atomic E-state index is 0.156. The van der Waals surface area contributed by atoms with Crippen LogP contribution >= 0.6 is 11.3 Å². The summed E-state index contributed by atoms with van der Waals surface area (Å²) in [4.78, 5) is 8.78. The molecular weight excluding hydrogens is 444 g/mol. The van der Waals surface area contributed by atoms with Crippen molar-refractivity contribution < 1.29 is 22.7 Å². The van der Waals surface area contributed by atoms with Crippen molar-refractivity contribution in [1.29, 1.82) is 0 Å². The zero-order valence-corrected chi connectivity index (χ0v) is 17.3. The van der Waals surface area contributed by atoms with Crippen molar-refractivity contribution in [3.8, 4) is 10.4 Å². The molecule has 2 aromatic heterocycles. The molecule has 0 saturated heterocycles. The third-order valence-electron chi connectivity index (χ3n) is 4.95. The number of aliphatic hydroxyl groups is 1. The molecule has 4 N–H and O–H groups in total. The Morgan fingerprint density at radius 3 is 2.47 bits per heavy atom. The lowest BCUT2D eigenvalue weighted by Gasteiger charge is -2.20. The summed E-state index contributed by atoms with van der Waals surface area (Å²) < 4.78 is 51.5. The number of aliphatic hydroxyl groups excluding tert-OH is 1. The second-order valence-electron chi connectivity index (χ2n) is 7.21. The Balaban J connectivity index is 1.40. The van der Waals surface area contributed by atoms with Crippen LogP contribution in [0.3, 0.4) is 0 Å². The summed E-state index contributed by atoms with van der Waals surface area (Å²) >= 11 is 1.36. The monoisotopic (exact) mass is 462 g/mol. The first-order valence-corrected chi connectivity index (χ1v) is 10.4. The number of anilines is 1. The summed E-state index contributed by atoms with van der Waals surface area (Å²) in [6.07, 6.45) is -2.44. The van der Waals surface area contributed by atoms with Gasteiger partial charge in [-0.3, -0.25) is 0 Å². The van der Waals surface area contributed by atoms with Gasteiger partial charge in [0.05, 0.1) is 22.6 Å². The zero-order chi connectivity index (χ0) is 22.9. The van der Waals surface area contributed by atoms with Gasteiger partial charge in [-0.15, -0.1) is 0 Å². The molecule has 4 aromatic rings. The molecule has 0 unspecified atom stereocenters. The molecule has 2 heterocycles.